The lowest BCUT2D eigenvalue weighted by Crippen LogP contribution is -2.22. The van der Waals surface area contributed by atoms with Gasteiger partial charge in [0.25, 0.3) is 0 Å². The van der Waals surface area contributed by atoms with Gasteiger partial charge in [0.2, 0.25) is 11.5 Å². The largest absolute Gasteiger partial charge is 0.456 e. The van der Waals surface area contributed by atoms with E-state index in [1.165, 1.54) is 29.3 Å². The van der Waals surface area contributed by atoms with Gasteiger partial charge in [-0.2, -0.15) is 0 Å². The van der Waals surface area contributed by atoms with Crippen molar-refractivity contribution < 1.29 is 23.8 Å². The fraction of sp³-hybridized carbons (Fsp3) is 0.200. The zero-order valence-corrected chi connectivity index (χ0v) is 20.1. The van der Waals surface area contributed by atoms with E-state index < -0.39 is 10.9 Å². The van der Waals surface area contributed by atoms with Crippen LogP contribution in [0.2, 0.25) is 0 Å². The van der Waals surface area contributed by atoms with Crippen LogP contribution in [0, 0.1) is 12.7 Å². The van der Waals surface area contributed by atoms with E-state index in [0.717, 1.165) is 11.8 Å². The van der Waals surface area contributed by atoms with Crippen LogP contribution in [-0.4, -0.2) is 38.1 Å². The summed E-state index contributed by atoms with van der Waals surface area (Å²) >= 11 is 0.728. The smallest absolute Gasteiger partial charge is 0.230 e. The number of carbonyl (C=O) groups excluding carboxylic acids is 2. The quantitative estimate of drug-likeness (QED) is 0.395. The molecule has 0 aliphatic rings. The van der Waals surface area contributed by atoms with E-state index in [9.17, 15) is 19.1 Å². The van der Waals surface area contributed by atoms with E-state index in [-0.39, 0.29) is 36.7 Å². The van der Waals surface area contributed by atoms with Crippen LogP contribution in [0.1, 0.15) is 35.1 Å². The summed E-state index contributed by atoms with van der Waals surface area (Å²) in [6.45, 7) is 3.11. The average molecular weight is 497 g/mol. The first-order valence-corrected chi connectivity index (χ1v) is 11.5. The Balaban J connectivity index is 1.90. The monoisotopic (exact) mass is 496 g/mol. The van der Waals surface area contributed by atoms with Gasteiger partial charge in [-0.1, -0.05) is 24.3 Å². The normalized spacial score (nSPS) is 11.5. The number of nitrogen functional groups attached to an aromatic ring is 1. The summed E-state index contributed by atoms with van der Waals surface area (Å²) in [5.74, 6) is 0.500. The Hall–Kier alpha value is -3.76. The van der Waals surface area contributed by atoms with Gasteiger partial charge in [0.15, 0.2) is 0 Å². The molecule has 1 amide bonds. The van der Waals surface area contributed by atoms with E-state index in [2.05, 4.69) is 9.97 Å². The number of amides is 1. The maximum absolute atomic E-state index is 14.8. The van der Waals surface area contributed by atoms with Gasteiger partial charge >= 0.3 is 0 Å². The first-order valence-electron chi connectivity index (χ1n) is 10.7. The van der Waals surface area contributed by atoms with E-state index in [1.54, 1.807) is 38.1 Å². The Bertz CT molecular complexity index is 1240. The van der Waals surface area contributed by atoms with Crippen LogP contribution >= 0.6 is 11.8 Å². The summed E-state index contributed by atoms with van der Waals surface area (Å²) in [4.78, 5) is 35.0. The molecule has 0 aliphatic carbocycles. The van der Waals surface area contributed by atoms with Crippen LogP contribution in [0.3, 0.4) is 0 Å². The van der Waals surface area contributed by atoms with Crippen LogP contribution in [0.25, 0.3) is 0 Å². The third kappa shape index (κ3) is 6.65. The summed E-state index contributed by atoms with van der Waals surface area (Å²) in [6.07, 6.45) is 2.19. The minimum atomic E-state index is -0.742. The maximum atomic E-state index is 14.8. The molecule has 2 aromatic carbocycles. The number of aliphatic hydroxyl groups is 1. The second-order valence-corrected chi connectivity index (χ2v) is 8.53. The first-order chi connectivity index (χ1) is 16.8. The minimum Gasteiger partial charge on any atom is -0.456 e. The van der Waals surface area contributed by atoms with Gasteiger partial charge in [-0.25, -0.2) is 14.4 Å². The van der Waals surface area contributed by atoms with Crippen LogP contribution in [0.4, 0.5) is 10.2 Å². The predicted molar refractivity (Wildman–Crippen MR) is 132 cm³/mol. The lowest BCUT2D eigenvalue weighted by molar-refractivity contribution is -0.116. The highest BCUT2D eigenvalue weighted by molar-refractivity contribution is 8.17. The van der Waals surface area contributed by atoms with E-state index >= 15 is 0 Å². The van der Waals surface area contributed by atoms with Gasteiger partial charge < -0.3 is 20.5 Å². The van der Waals surface area contributed by atoms with E-state index in [0.29, 0.717) is 34.1 Å². The maximum Gasteiger partial charge on any atom is 0.230 e. The number of anilines is 1. The average Bonchev–Trinajstić information content (AvgIpc) is 2.83. The molecule has 3 aromatic rings. The van der Waals surface area contributed by atoms with Crippen molar-refractivity contribution in [2.24, 2.45) is 0 Å². The second kappa shape index (κ2) is 12.1. The van der Waals surface area contributed by atoms with Gasteiger partial charge in [-0.3, -0.25) is 9.59 Å². The number of para-hydroxylation sites is 1. The van der Waals surface area contributed by atoms with Crippen molar-refractivity contribution >= 4 is 29.1 Å². The molecule has 10 heteroatoms. The molecule has 8 nitrogen and oxygen atoms in total. The van der Waals surface area contributed by atoms with Crippen molar-refractivity contribution in [1.82, 2.24) is 14.9 Å². The molecule has 182 valence electrons. The second-order valence-electron chi connectivity index (χ2n) is 7.46. The van der Waals surface area contributed by atoms with Gasteiger partial charge in [0.05, 0.1) is 6.54 Å². The molecule has 3 N–H and O–H groups in total. The van der Waals surface area contributed by atoms with Crippen molar-refractivity contribution in [3.63, 3.8) is 0 Å². The number of thioether (sulfide) groups is 1. The number of benzene rings is 2. The number of ether oxygens (including phenoxy) is 1. The highest BCUT2D eigenvalue weighted by atomic mass is 32.2. The number of hydrogen-bond acceptors (Lipinski definition) is 8. The van der Waals surface area contributed by atoms with Crippen molar-refractivity contribution in [2.75, 3.05) is 12.3 Å². The van der Waals surface area contributed by atoms with Crippen LogP contribution < -0.4 is 10.5 Å². The number of carbonyl (C=O) groups is 2. The van der Waals surface area contributed by atoms with Gasteiger partial charge in [-0.15, -0.1) is 0 Å². The lowest BCUT2D eigenvalue weighted by atomic mass is 10.2. The van der Waals surface area contributed by atoms with E-state index in [4.69, 9.17) is 10.5 Å². The number of nitrogens with zero attached hydrogens (tertiary/aromatic N) is 3. The summed E-state index contributed by atoms with van der Waals surface area (Å²) in [7, 11) is 0. The number of hydrogen-bond donors (Lipinski definition) is 2. The van der Waals surface area contributed by atoms with Crippen molar-refractivity contribution in [3.05, 3.63) is 88.1 Å². The molecule has 0 spiro atoms. The molecule has 0 unspecified atom stereocenters. The van der Waals surface area contributed by atoms with Crippen LogP contribution in [0.5, 0.6) is 11.5 Å². The van der Waals surface area contributed by atoms with Crippen molar-refractivity contribution in [3.8, 4) is 11.5 Å². The molecule has 1 heterocycles. The Labute approximate surface area is 206 Å². The lowest BCUT2D eigenvalue weighted by Gasteiger charge is -2.22. The molecule has 35 heavy (non-hydrogen) atoms. The molecule has 0 fully saturated rings. The van der Waals surface area contributed by atoms with Gasteiger partial charge in [-0.05, 0) is 49.9 Å². The first kappa shape index (κ1) is 25.9. The molecule has 3 rings (SSSR count). The molecule has 0 bridgehead atoms. The zero-order valence-electron chi connectivity index (χ0n) is 19.3. The number of rotatable bonds is 10. The Morgan fingerprint density at radius 2 is 1.97 bits per heavy atom. The van der Waals surface area contributed by atoms with Crippen molar-refractivity contribution in [1.29, 1.82) is 0 Å². The summed E-state index contributed by atoms with van der Waals surface area (Å²) in [5.41, 5.74) is 6.64. The van der Waals surface area contributed by atoms with Gasteiger partial charge in [0.1, 0.15) is 34.5 Å². The predicted octanol–water partition coefficient (Wildman–Crippen LogP) is 4.44. The molecular formula is C25H25FN4O4S. The standard InChI is InChI=1S/C25H25FN4O4S/c1-16(30(15-32)14-18-13-28-17(2)29-24(18)27)22(11-12-31)35-25(33)23-20(26)9-6-10-21(23)34-19-7-4-3-5-8-19/h3-10,13,15,31H,11-12,14H2,1-2H3,(H2,27,28,29). The van der Waals surface area contributed by atoms with Crippen molar-refractivity contribution in [2.45, 2.75) is 26.8 Å². The number of aliphatic hydroxyl groups excluding tert-OH is 1. The third-order valence-corrected chi connectivity index (χ3v) is 6.16. The summed E-state index contributed by atoms with van der Waals surface area (Å²) < 4.78 is 20.5. The number of nitrogens with two attached hydrogens (primary N) is 1. The third-order valence-electron chi connectivity index (χ3n) is 5.03. The number of halogens is 1. The summed E-state index contributed by atoms with van der Waals surface area (Å²) in [6, 6.07) is 12.8. The highest BCUT2D eigenvalue weighted by Crippen LogP contribution is 2.35. The molecule has 0 aliphatic heterocycles. The van der Waals surface area contributed by atoms with Gasteiger partial charge in [0, 0.05) is 35.4 Å². The fourth-order valence-electron chi connectivity index (χ4n) is 3.19. The Morgan fingerprint density at radius 1 is 1.23 bits per heavy atom. The van der Waals surface area contributed by atoms with Crippen LogP contribution in [-0.2, 0) is 11.3 Å². The molecule has 1 aromatic heterocycles. The highest BCUT2D eigenvalue weighted by Gasteiger charge is 2.23. The molecule has 0 atom stereocenters. The molecule has 0 saturated heterocycles. The molecular weight excluding hydrogens is 471 g/mol. The molecule has 0 saturated carbocycles. The topological polar surface area (TPSA) is 119 Å². The number of allylic oxidation sites excluding steroid dienone is 1. The van der Waals surface area contributed by atoms with Crippen LogP contribution in [0.15, 0.2) is 65.3 Å². The van der Waals surface area contributed by atoms with E-state index in [1.807, 2.05) is 6.07 Å². The summed E-state index contributed by atoms with van der Waals surface area (Å²) in [5, 5.41) is 8.96. The Kier molecular flexibility index (Phi) is 8.93. The minimum absolute atomic E-state index is 0.0616. The zero-order chi connectivity index (χ0) is 25.4. The fourth-order valence-corrected chi connectivity index (χ4v) is 4.17. The number of aryl methyl sites for hydroxylation is 1. The molecule has 0 radical (unpaired) electrons. The SMILES string of the molecule is CC(=C(CCO)SC(=O)c1c(F)cccc1Oc1ccccc1)N(C=O)Cc1cnc(C)nc1N. The number of aromatic nitrogens is 2. The Morgan fingerprint density at radius 3 is 2.63 bits per heavy atom.